The van der Waals surface area contributed by atoms with Crippen molar-refractivity contribution in [3.63, 3.8) is 0 Å². The van der Waals surface area contributed by atoms with Crippen molar-refractivity contribution in [1.82, 2.24) is 24.5 Å². The third kappa shape index (κ3) is 3.53. The van der Waals surface area contributed by atoms with Crippen LogP contribution in [0.2, 0.25) is 0 Å². The van der Waals surface area contributed by atoms with Gasteiger partial charge in [0.05, 0.1) is 28.4 Å². The molecule has 0 spiro atoms. The van der Waals surface area contributed by atoms with Crippen LogP contribution in [0.5, 0.6) is 0 Å². The molecule has 0 atom stereocenters. The molecule has 0 radical (unpaired) electrons. The highest BCUT2D eigenvalue weighted by atomic mass is 16.1. The standard InChI is InChI=1S/C26H23N5O2/c1-17-22(25(32)30(28-17)20-11-5-3-6-12-20)24(19-10-9-15-27-16-19)23-18(2)29-31(26(23)33)21-13-7-4-8-14-21/h3-16,24,28-29H,1-2H3. The highest BCUT2D eigenvalue weighted by molar-refractivity contribution is 5.46. The lowest BCUT2D eigenvalue weighted by molar-refractivity contribution is 0.830. The van der Waals surface area contributed by atoms with E-state index in [-0.39, 0.29) is 11.1 Å². The van der Waals surface area contributed by atoms with Crippen LogP contribution in [0.3, 0.4) is 0 Å². The first kappa shape index (κ1) is 20.5. The fourth-order valence-corrected chi connectivity index (χ4v) is 4.34. The Kier molecular flexibility index (Phi) is 5.14. The van der Waals surface area contributed by atoms with Crippen LogP contribution in [0, 0.1) is 13.8 Å². The number of aryl methyl sites for hydroxylation is 2. The van der Waals surface area contributed by atoms with Crippen molar-refractivity contribution >= 4 is 0 Å². The van der Waals surface area contributed by atoms with Crippen LogP contribution in [0.4, 0.5) is 0 Å². The number of nitrogens with zero attached hydrogens (tertiary/aromatic N) is 3. The summed E-state index contributed by atoms with van der Waals surface area (Å²) in [7, 11) is 0. The Labute approximate surface area is 190 Å². The van der Waals surface area contributed by atoms with E-state index in [2.05, 4.69) is 15.2 Å². The van der Waals surface area contributed by atoms with Gasteiger partial charge in [-0.25, -0.2) is 9.36 Å². The van der Waals surface area contributed by atoms with Crippen molar-refractivity contribution in [2.75, 3.05) is 0 Å². The Bertz CT molecular complexity index is 1410. The van der Waals surface area contributed by atoms with Gasteiger partial charge in [-0.3, -0.25) is 24.8 Å². The van der Waals surface area contributed by atoms with Crippen molar-refractivity contribution < 1.29 is 0 Å². The van der Waals surface area contributed by atoms with Crippen LogP contribution in [0.25, 0.3) is 11.4 Å². The van der Waals surface area contributed by atoms with Crippen molar-refractivity contribution in [3.8, 4) is 11.4 Å². The zero-order chi connectivity index (χ0) is 22.9. The lowest BCUT2D eigenvalue weighted by Gasteiger charge is -2.15. The lowest BCUT2D eigenvalue weighted by Crippen LogP contribution is -2.25. The maximum Gasteiger partial charge on any atom is 0.275 e. The molecule has 0 aliphatic carbocycles. The SMILES string of the molecule is Cc1[nH]n(-c2ccccc2)c(=O)c1C(c1cccnc1)c1c(C)[nH]n(-c2ccccc2)c1=O. The normalized spacial score (nSPS) is 11.2. The molecule has 0 saturated carbocycles. The van der Waals surface area contributed by atoms with Crippen molar-refractivity contribution in [1.29, 1.82) is 0 Å². The van der Waals surface area contributed by atoms with E-state index in [1.165, 1.54) is 9.36 Å². The number of pyridine rings is 1. The number of aromatic nitrogens is 5. The fraction of sp³-hybridized carbons (Fsp3) is 0.115. The number of hydrogen-bond acceptors (Lipinski definition) is 3. The van der Waals surface area contributed by atoms with Gasteiger partial charge in [-0.15, -0.1) is 0 Å². The molecule has 7 heteroatoms. The number of para-hydroxylation sites is 2. The number of rotatable bonds is 5. The first-order valence-electron chi connectivity index (χ1n) is 10.7. The Morgan fingerprint density at radius 3 is 1.61 bits per heavy atom. The number of aromatic amines is 2. The molecule has 2 N–H and O–H groups in total. The quantitative estimate of drug-likeness (QED) is 0.438. The van der Waals surface area contributed by atoms with Gasteiger partial charge in [-0.05, 0) is 49.7 Å². The molecule has 5 aromatic rings. The third-order valence-corrected chi connectivity index (χ3v) is 5.86. The van der Waals surface area contributed by atoms with Crippen molar-refractivity contribution in [3.05, 3.63) is 134 Å². The average molecular weight is 438 g/mol. The minimum Gasteiger partial charge on any atom is -0.295 e. The van der Waals surface area contributed by atoms with E-state index in [0.29, 0.717) is 22.5 Å². The summed E-state index contributed by atoms with van der Waals surface area (Å²) in [6, 6.07) is 22.5. The molecular formula is C26H23N5O2. The summed E-state index contributed by atoms with van der Waals surface area (Å²) >= 11 is 0. The molecule has 0 bridgehead atoms. The molecule has 0 unspecified atom stereocenters. The summed E-state index contributed by atoms with van der Waals surface area (Å²) < 4.78 is 3.04. The zero-order valence-electron chi connectivity index (χ0n) is 18.3. The van der Waals surface area contributed by atoms with Crippen LogP contribution in [-0.2, 0) is 0 Å². The first-order valence-corrected chi connectivity index (χ1v) is 10.7. The maximum atomic E-state index is 13.7. The topological polar surface area (TPSA) is 88.5 Å². The number of hydrogen-bond donors (Lipinski definition) is 2. The second-order valence-electron chi connectivity index (χ2n) is 7.97. The molecule has 0 saturated heterocycles. The van der Waals surface area contributed by atoms with Gasteiger partial charge in [0.1, 0.15) is 0 Å². The van der Waals surface area contributed by atoms with E-state index >= 15 is 0 Å². The van der Waals surface area contributed by atoms with Gasteiger partial charge in [-0.1, -0.05) is 42.5 Å². The van der Waals surface area contributed by atoms with Gasteiger partial charge in [0.25, 0.3) is 11.1 Å². The fourth-order valence-electron chi connectivity index (χ4n) is 4.34. The lowest BCUT2D eigenvalue weighted by atomic mass is 9.86. The van der Waals surface area contributed by atoms with Gasteiger partial charge >= 0.3 is 0 Å². The van der Waals surface area contributed by atoms with Gasteiger partial charge in [-0.2, -0.15) is 0 Å². The Hall–Kier alpha value is -4.39. The predicted molar refractivity (Wildman–Crippen MR) is 127 cm³/mol. The second-order valence-corrected chi connectivity index (χ2v) is 7.97. The summed E-state index contributed by atoms with van der Waals surface area (Å²) in [5.41, 5.74) is 4.28. The third-order valence-electron chi connectivity index (χ3n) is 5.86. The van der Waals surface area contributed by atoms with Gasteiger partial charge in [0.2, 0.25) is 0 Å². The zero-order valence-corrected chi connectivity index (χ0v) is 18.3. The summed E-state index contributed by atoms with van der Waals surface area (Å²) in [5.74, 6) is -0.582. The number of nitrogens with one attached hydrogen (secondary N) is 2. The van der Waals surface area contributed by atoms with Crippen LogP contribution < -0.4 is 11.1 Å². The molecular weight excluding hydrogens is 414 g/mol. The first-order chi connectivity index (χ1) is 16.1. The summed E-state index contributed by atoms with van der Waals surface area (Å²) in [4.78, 5) is 31.6. The van der Waals surface area contributed by atoms with E-state index < -0.39 is 5.92 Å². The Morgan fingerprint density at radius 1 is 0.697 bits per heavy atom. The summed E-state index contributed by atoms with van der Waals surface area (Å²) in [5, 5.41) is 6.38. The summed E-state index contributed by atoms with van der Waals surface area (Å²) in [6.45, 7) is 3.72. The van der Waals surface area contributed by atoms with Crippen LogP contribution in [-0.4, -0.2) is 24.5 Å². The van der Waals surface area contributed by atoms with Gasteiger partial charge < -0.3 is 0 Å². The summed E-state index contributed by atoms with van der Waals surface area (Å²) in [6.07, 6.45) is 3.39. The molecule has 3 heterocycles. The van der Waals surface area contributed by atoms with E-state index in [0.717, 1.165) is 16.9 Å². The van der Waals surface area contributed by atoms with Crippen LogP contribution in [0.1, 0.15) is 34.0 Å². The molecule has 0 aliphatic rings. The Balaban J connectivity index is 1.76. The Morgan fingerprint density at radius 2 is 1.18 bits per heavy atom. The highest BCUT2D eigenvalue weighted by Crippen LogP contribution is 2.31. The van der Waals surface area contributed by atoms with E-state index in [9.17, 15) is 9.59 Å². The minimum atomic E-state index is -0.582. The second kappa shape index (κ2) is 8.27. The van der Waals surface area contributed by atoms with Crippen LogP contribution >= 0.6 is 0 Å². The minimum absolute atomic E-state index is 0.196. The molecule has 7 nitrogen and oxygen atoms in total. The molecule has 164 valence electrons. The molecule has 2 aromatic carbocycles. The predicted octanol–water partition coefficient (Wildman–Crippen LogP) is 3.84. The highest BCUT2D eigenvalue weighted by Gasteiger charge is 2.30. The number of H-pyrrole nitrogens is 2. The molecule has 5 rings (SSSR count). The largest absolute Gasteiger partial charge is 0.295 e. The molecule has 0 amide bonds. The van der Waals surface area contributed by atoms with Gasteiger partial charge in [0.15, 0.2) is 0 Å². The molecule has 0 aliphatic heterocycles. The van der Waals surface area contributed by atoms with E-state index in [1.54, 1.807) is 12.4 Å². The monoisotopic (exact) mass is 437 g/mol. The average Bonchev–Trinajstić information content (AvgIpc) is 3.31. The maximum absolute atomic E-state index is 13.7. The van der Waals surface area contributed by atoms with Crippen molar-refractivity contribution in [2.24, 2.45) is 0 Å². The van der Waals surface area contributed by atoms with E-state index in [1.807, 2.05) is 86.6 Å². The van der Waals surface area contributed by atoms with E-state index in [4.69, 9.17) is 0 Å². The number of benzene rings is 2. The molecule has 3 aromatic heterocycles. The smallest absolute Gasteiger partial charge is 0.275 e. The molecule has 33 heavy (non-hydrogen) atoms. The van der Waals surface area contributed by atoms with Gasteiger partial charge in [0, 0.05) is 23.8 Å². The molecule has 0 fully saturated rings. The van der Waals surface area contributed by atoms with Crippen LogP contribution in [0.15, 0.2) is 94.8 Å². The van der Waals surface area contributed by atoms with Crippen molar-refractivity contribution in [2.45, 2.75) is 19.8 Å².